The molecule has 146 valence electrons. The molecule has 0 saturated heterocycles. The molecule has 2 aromatic heterocycles. The molecular weight excluding hydrogens is 393 g/mol. The van der Waals surface area contributed by atoms with Gasteiger partial charge >= 0.3 is 0 Å². The minimum Gasteiger partial charge on any atom is -0.488 e. The number of ether oxygens (including phenoxy) is 1. The van der Waals surface area contributed by atoms with Crippen LogP contribution >= 0.6 is 11.6 Å². The molecule has 0 atom stereocenters. The van der Waals surface area contributed by atoms with Gasteiger partial charge in [0.1, 0.15) is 23.8 Å². The van der Waals surface area contributed by atoms with E-state index in [9.17, 15) is 9.18 Å². The highest BCUT2D eigenvalue weighted by Crippen LogP contribution is 2.20. The molecule has 0 aliphatic rings. The first-order valence-electron chi connectivity index (χ1n) is 8.96. The lowest BCUT2D eigenvalue weighted by molar-refractivity contribution is 0.0946. The number of fused-ring (bicyclic) bond motifs is 1. The van der Waals surface area contributed by atoms with Crippen LogP contribution in [0.5, 0.6) is 5.75 Å². The highest BCUT2D eigenvalue weighted by molar-refractivity contribution is 6.30. The van der Waals surface area contributed by atoms with Crippen LogP contribution in [0, 0.1) is 5.82 Å². The van der Waals surface area contributed by atoms with Gasteiger partial charge in [-0.1, -0.05) is 35.9 Å². The molecule has 2 heterocycles. The number of hydrogen-bond acceptors (Lipinski definition) is 3. The molecule has 4 rings (SSSR count). The molecule has 0 aliphatic heterocycles. The van der Waals surface area contributed by atoms with Crippen molar-refractivity contribution < 1.29 is 13.9 Å². The normalized spacial score (nSPS) is 10.8. The number of nitrogens with zero attached hydrogens (tertiary/aromatic N) is 2. The first kappa shape index (κ1) is 19.0. The Morgan fingerprint density at radius 1 is 1.07 bits per heavy atom. The van der Waals surface area contributed by atoms with Crippen LogP contribution in [-0.2, 0) is 13.2 Å². The van der Waals surface area contributed by atoms with Crippen molar-refractivity contribution >= 4 is 23.2 Å². The Morgan fingerprint density at radius 2 is 1.86 bits per heavy atom. The Balaban J connectivity index is 1.43. The standard InChI is InChI=1S/C22H17ClFN3O2/c23-16-7-10-21-26-18(13-27(21)12-16)11-25-22(28)19-3-1-2-4-20(19)29-14-15-5-8-17(24)9-6-15/h1-10,12-13H,11,14H2,(H,25,28). The predicted octanol–water partition coefficient (Wildman–Crippen LogP) is 4.64. The summed E-state index contributed by atoms with van der Waals surface area (Å²) in [6.07, 6.45) is 3.58. The van der Waals surface area contributed by atoms with Crippen LogP contribution in [0.15, 0.2) is 73.1 Å². The number of imidazole rings is 1. The van der Waals surface area contributed by atoms with E-state index >= 15 is 0 Å². The maximum Gasteiger partial charge on any atom is 0.255 e. The minimum atomic E-state index is -0.303. The van der Waals surface area contributed by atoms with Gasteiger partial charge in [-0.15, -0.1) is 0 Å². The smallest absolute Gasteiger partial charge is 0.255 e. The zero-order chi connectivity index (χ0) is 20.2. The lowest BCUT2D eigenvalue weighted by atomic mass is 10.2. The molecule has 4 aromatic rings. The largest absolute Gasteiger partial charge is 0.488 e. The van der Waals surface area contributed by atoms with Crippen LogP contribution in [0.3, 0.4) is 0 Å². The summed E-state index contributed by atoms with van der Waals surface area (Å²) >= 11 is 5.98. The fourth-order valence-corrected chi connectivity index (χ4v) is 3.06. The van der Waals surface area contributed by atoms with Crippen molar-refractivity contribution in [3.05, 3.63) is 101 Å². The number of carbonyl (C=O) groups excluding carboxylic acids is 1. The average Bonchev–Trinajstić information content (AvgIpc) is 3.14. The van der Waals surface area contributed by atoms with E-state index in [2.05, 4.69) is 10.3 Å². The first-order chi connectivity index (χ1) is 14.1. The maximum absolute atomic E-state index is 13.0. The third-order valence-corrected chi connectivity index (χ3v) is 4.56. The number of rotatable bonds is 6. The van der Waals surface area contributed by atoms with Gasteiger partial charge in [-0.2, -0.15) is 0 Å². The first-order valence-corrected chi connectivity index (χ1v) is 9.34. The highest BCUT2D eigenvalue weighted by atomic mass is 35.5. The second kappa shape index (κ2) is 8.32. The van der Waals surface area contributed by atoms with E-state index in [0.29, 0.717) is 22.0 Å². The summed E-state index contributed by atoms with van der Waals surface area (Å²) in [5, 5.41) is 3.47. The maximum atomic E-state index is 13.0. The number of pyridine rings is 1. The Labute approximate surface area is 171 Å². The molecule has 1 amide bonds. The third-order valence-electron chi connectivity index (χ3n) is 4.33. The van der Waals surface area contributed by atoms with Crippen molar-refractivity contribution in [2.75, 3.05) is 0 Å². The molecular formula is C22H17ClFN3O2. The summed E-state index contributed by atoms with van der Waals surface area (Å²) in [6, 6.07) is 16.6. The molecule has 7 heteroatoms. The number of nitrogens with one attached hydrogen (secondary N) is 1. The molecule has 0 fully saturated rings. The topological polar surface area (TPSA) is 55.6 Å². The molecule has 1 N–H and O–H groups in total. The molecule has 5 nitrogen and oxygen atoms in total. The van der Waals surface area contributed by atoms with Gasteiger partial charge in [0, 0.05) is 12.4 Å². The summed E-state index contributed by atoms with van der Waals surface area (Å²) in [5.74, 6) is -0.117. The van der Waals surface area contributed by atoms with Crippen molar-refractivity contribution in [3.8, 4) is 5.75 Å². The molecule has 29 heavy (non-hydrogen) atoms. The number of aromatic nitrogens is 2. The van der Waals surface area contributed by atoms with Gasteiger partial charge in [-0.3, -0.25) is 4.79 Å². The van der Waals surface area contributed by atoms with E-state index in [1.54, 1.807) is 48.7 Å². The van der Waals surface area contributed by atoms with Crippen LogP contribution < -0.4 is 10.1 Å². The Kier molecular flexibility index (Phi) is 5.44. The summed E-state index contributed by atoms with van der Waals surface area (Å²) < 4.78 is 20.6. The summed E-state index contributed by atoms with van der Waals surface area (Å²) in [6.45, 7) is 0.502. The van der Waals surface area contributed by atoms with Crippen LogP contribution in [0.1, 0.15) is 21.6 Å². The van der Waals surface area contributed by atoms with Gasteiger partial charge in [0.15, 0.2) is 0 Å². The van der Waals surface area contributed by atoms with Crippen molar-refractivity contribution in [2.24, 2.45) is 0 Å². The van der Waals surface area contributed by atoms with Crippen LogP contribution in [0.4, 0.5) is 4.39 Å². The average molecular weight is 410 g/mol. The number of benzene rings is 2. The van der Waals surface area contributed by atoms with Gasteiger partial charge < -0.3 is 14.5 Å². The van der Waals surface area contributed by atoms with Gasteiger partial charge in [0.25, 0.3) is 5.91 Å². The lowest BCUT2D eigenvalue weighted by Gasteiger charge is -2.11. The van der Waals surface area contributed by atoms with Gasteiger partial charge in [0.05, 0.1) is 22.8 Å². The quantitative estimate of drug-likeness (QED) is 0.505. The van der Waals surface area contributed by atoms with Crippen LogP contribution in [0.2, 0.25) is 5.02 Å². The number of amides is 1. The Morgan fingerprint density at radius 3 is 2.69 bits per heavy atom. The zero-order valence-corrected chi connectivity index (χ0v) is 16.1. The number of para-hydroxylation sites is 1. The van der Waals surface area contributed by atoms with Crippen molar-refractivity contribution in [2.45, 2.75) is 13.2 Å². The summed E-state index contributed by atoms with van der Waals surface area (Å²) in [5.41, 5.74) is 2.69. The Hall–Kier alpha value is -3.38. The molecule has 2 aromatic carbocycles. The van der Waals surface area contributed by atoms with E-state index in [1.807, 2.05) is 16.7 Å². The predicted molar refractivity (Wildman–Crippen MR) is 109 cm³/mol. The number of halogens is 2. The minimum absolute atomic E-state index is 0.234. The number of carbonyl (C=O) groups is 1. The van der Waals surface area contributed by atoms with Crippen molar-refractivity contribution in [1.82, 2.24) is 14.7 Å². The van der Waals surface area contributed by atoms with Crippen LogP contribution in [0.25, 0.3) is 5.65 Å². The zero-order valence-electron chi connectivity index (χ0n) is 15.3. The molecule has 0 saturated carbocycles. The second-order valence-electron chi connectivity index (χ2n) is 6.44. The van der Waals surface area contributed by atoms with E-state index in [0.717, 1.165) is 11.2 Å². The van der Waals surface area contributed by atoms with E-state index in [-0.39, 0.29) is 24.9 Å². The van der Waals surface area contributed by atoms with Crippen LogP contribution in [-0.4, -0.2) is 15.3 Å². The number of hydrogen-bond donors (Lipinski definition) is 1. The fourth-order valence-electron chi connectivity index (χ4n) is 2.89. The molecule has 0 unspecified atom stereocenters. The van der Waals surface area contributed by atoms with Crippen molar-refractivity contribution in [1.29, 1.82) is 0 Å². The molecule has 0 bridgehead atoms. The summed E-state index contributed by atoms with van der Waals surface area (Å²) in [4.78, 5) is 17.1. The molecule has 0 aliphatic carbocycles. The van der Waals surface area contributed by atoms with E-state index in [1.165, 1.54) is 12.1 Å². The van der Waals surface area contributed by atoms with Crippen molar-refractivity contribution in [3.63, 3.8) is 0 Å². The fraction of sp³-hybridized carbons (Fsp3) is 0.0909. The van der Waals surface area contributed by atoms with Gasteiger partial charge in [-0.05, 0) is 42.0 Å². The van der Waals surface area contributed by atoms with E-state index < -0.39 is 0 Å². The lowest BCUT2D eigenvalue weighted by Crippen LogP contribution is -2.23. The second-order valence-corrected chi connectivity index (χ2v) is 6.88. The summed E-state index contributed by atoms with van der Waals surface area (Å²) in [7, 11) is 0. The molecule has 0 radical (unpaired) electrons. The third kappa shape index (κ3) is 4.55. The SMILES string of the molecule is O=C(NCc1cn2cc(Cl)ccc2n1)c1ccccc1OCc1ccc(F)cc1. The van der Waals surface area contributed by atoms with E-state index in [4.69, 9.17) is 16.3 Å². The van der Waals surface area contributed by atoms with Gasteiger partial charge in [0.2, 0.25) is 0 Å². The monoisotopic (exact) mass is 409 g/mol. The van der Waals surface area contributed by atoms with Gasteiger partial charge in [-0.25, -0.2) is 9.37 Å². The molecule has 0 spiro atoms. The highest BCUT2D eigenvalue weighted by Gasteiger charge is 2.13. The Bertz CT molecular complexity index is 1160.